The summed E-state index contributed by atoms with van der Waals surface area (Å²) < 4.78 is 0. The summed E-state index contributed by atoms with van der Waals surface area (Å²) in [6.07, 6.45) is 0. The van der Waals surface area contributed by atoms with Crippen LogP contribution in [0.2, 0.25) is 0 Å². The van der Waals surface area contributed by atoms with Gasteiger partial charge in [-0.3, -0.25) is 9.59 Å². The molecule has 0 bridgehead atoms. The van der Waals surface area contributed by atoms with Crippen molar-refractivity contribution in [2.24, 2.45) is 0 Å². The Bertz CT molecular complexity index is 710. The van der Waals surface area contributed by atoms with E-state index >= 15 is 0 Å². The molecule has 100 valence electrons. The first-order valence-electron chi connectivity index (χ1n) is 6.30. The monoisotopic (exact) mass is 267 g/mol. The van der Waals surface area contributed by atoms with Gasteiger partial charge in [-0.05, 0) is 30.7 Å². The van der Waals surface area contributed by atoms with Gasteiger partial charge in [0.05, 0.1) is 11.3 Å². The molecule has 0 spiro atoms. The van der Waals surface area contributed by atoms with Crippen LogP contribution in [-0.4, -0.2) is 16.8 Å². The van der Waals surface area contributed by atoms with Gasteiger partial charge in [-0.15, -0.1) is 0 Å². The van der Waals surface area contributed by atoms with Crippen LogP contribution in [0.15, 0.2) is 36.4 Å². The molecule has 0 atom stereocenters. The zero-order valence-electron chi connectivity index (χ0n) is 10.9. The van der Waals surface area contributed by atoms with Crippen LogP contribution in [0.5, 0.6) is 0 Å². The average molecular weight is 267 g/mol. The molecule has 3 rings (SSSR count). The number of nitrogens with one attached hydrogen (secondary N) is 2. The lowest BCUT2D eigenvalue weighted by molar-refractivity contribution is 0.0966. The molecule has 1 aliphatic heterocycles. The minimum Gasteiger partial charge on any atom is -0.348 e. The van der Waals surface area contributed by atoms with Crippen molar-refractivity contribution in [1.82, 2.24) is 10.3 Å². The van der Waals surface area contributed by atoms with E-state index in [-0.39, 0.29) is 11.8 Å². The summed E-state index contributed by atoms with van der Waals surface area (Å²) in [5.41, 5.74) is 3.05. The van der Waals surface area contributed by atoms with Gasteiger partial charge >= 0.3 is 0 Å². The standard InChI is InChI=1S/C15H13N3O2/c1-9-4-2-7-12(17-9)14(19)18-11-6-3-5-10-8-16-15(20)13(10)11/h2-7H,8H2,1H3,(H,16,20)(H,18,19). The zero-order valence-corrected chi connectivity index (χ0v) is 10.9. The number of anilines is 1. The van der Waals surface area contributed by atoms with Crippen molar-refractivity contribution >= 4 is 17.5 Å². The topological polar surface area (TPSA) is 71.1 Å². The van der Waals surface area contributed by atoms with E-state index in [9.17, 15) is 9.59 Å². The summed E-state index contributed by atoms with van der Waals surface area (Å²) in [5.74, 6) is -0.477. The molecule has 0 aliphatic carbocycles. The summed E-state index contributed by atoms with van der Waals surface area (Å²) in [7, 11) is 0. The quantitative estimate of drug-likeness (QED) is 0.872. The van der Waals surface area contributed by atoms with Crippen molar-refractivity contribution in [3.63, 3.8) is 0 Å². The first kappa shape index (κ1) is 12.3. The average Bonchev–Trinajstić information content (AvgIpc) is 2.82. The number of aromatic nitrogens is 1. The van der Waals surface area contributed by atoms with Crippen molar-refractivity contribution < 1.29 is 9.59 Å². The van der Waals surface area contributed by atoms with E-state index in [1.54, 1.807) is 18.2 Å². The molecule has 0 saturated carbocycles. The fraction of sp³-hybridized carbons (Fsp3) is 0.133. The van der Waals surface area contributed by atoms with Crippen molar-refractivity contribution in [2.75, 3.05) is 5.32 Å². The Morgan fingerprint density at radius 2 is 2.05 bits per heavy atom. The van der Waals surface area contributed by atoms with Crippen molar-refractivity contribution in [2.45, 2.75) is 13.5 Å². The SMILES string of the molecule is Cc1cccc(C(=O)Nc2cccc3c2C(=O)NC3)n1. The number of pyridine rings is 1. The van der Waals surface area contributed by atoms with Crippen LogP contribution in [0, 0.1) is 6.92 Å². The molecule has 20 heavy (non-hydrogen) atoms. The summed E-state index contributed by atoms with van der Waals surface area (Å²) in [6.45, 7) is 2.32. The van der Waals surface area contributed by atoms with E-state index in [2.05, 4.69) is 15.6 Å². The van der Waals surface area contributed by atoms with Gasteiger partial charge in [-0.25, -0.2) is 4.98 Å². The maximum atomic E-state index is 12.2. The molecule has 1 aliphatic rings. The van der Waals surface area contributed by atoms with E-state index in [0.29, 0.717) is 23.5 Å². The zero-order chi connectivity index (χ0) is 14.1. The van der Waals surface area contributed by atoms with E-state index in [1.807, 2.05) is 25.1 Å². The highest BCUT2D eigenvalue weighted by molar-refractivity contribution is 6.09. The molecular formula is C15H13N3O2. The van der Waals surface area contributed by atoms with Crippen molar-refractivity contribution in [3.05, 3.63) is 58.9 Å². The molecule has 0 radical (unpaired) electrons. The van der Waals surface area contributed by atoms with Gasteiger partial charge < -0.3 is 10.6 Å². The second-order valence-corrected chi connectivity index (χ2v) is 4.64. The summed E-state index contributed by atoms with van der Waals surface area (Å²) in [5, 5.41) is 5.50. The molecule has 1 aromatic heterocycles. The predicted octanol–water partition coefficient (Wildman–Crippen LogP) is 1.89. The summed E-state index contributed by atoms with van der Waals surface area (Å²) >= 11 is 0. The highest BCUT2D eigenvalue weighted by atomic mass is 16.2. The third kappa shape index (κ3) is 2.14. The van der Waals surface area contributed by atoms with E-state index in [4.69, 9.17) is 0 Å². The van der Waals surface area contributed by atoms with E-state index < -0.39 is 0 Å². The molecule has 2 aromatic rings. The lowest BCUT2D eigenvalue weighted by Crippen LogP contribution is -2.18. The number of carbonyl (C=O) groups is 2. The number of fused-ring (bicyclic) bond motifs is 1. The first-order chi connectivity index (χ1) is 9.65. The fourth-order valence-corrected chi connectivity index (χ4v) is 2.24. The Balaban J connectivity index is 1.91. The molecule has 2 heterocycles. The van der Waals surface area contributed by atoms with Crippen LogP contribution >= 0.6 is 0 Å². The molecule has 5 nitrogen and oxygen atoms in total. The molecule has 0 fully saturated rings. The highest BCUT2D eigenvalue weighted by Crippen LogP contribution is 2.24. The van der Waals surface area contributed by atoms with Crippen molar-refractivity contribution in [3.8, 4) is 0 Å². The van der Waals surface area contributed by atoms with Gasteiger partial charge in [-0.1, -0.05) is 18.2 Å². The molecule has 0 saturated heterocycles. The van der Waals surface area contributed by atoms with Gasteiger partial charge in [0.2, 0.25) is 0 Å². The predicted molar refractivity (Wildman–Crippen MR) is 74.5 cm³/mol. The largest absolute Gasteiger partial charge is 0.348 e. The smallest absolute Gasteiger partial charge is 0.274 e. The number of aryl methyl sites for hydroxylation is 1. The minimum atomic E-state index is -0.318. The van der Waals surface area contributed by atoms with Crippen LogP contribution in [0.3, 0.4) is 0 Å². The van der Waals surface area contributed by atoms with Crippen LogP contribution in [0.4, 0.5) is 5.69 Å². The number of hydrogen-bond donors (Lipinski definition) is 2. The number of nitrogens with zero attached hydrogens (tertiary/aromatic N) is 1. The lowest BCUT2D eigenvalue weighted by atomic mass is 10.1. The Kier molecular flexibility index (Phi) is 2.95. The van der Waals surface area contributed by atoms with Gasteiger partial charge in [0, 0.05) is 12.2 Å². The Hall–Kier alpha value is -2.69. The van der Waals surface area contributed by atoms with Crippen LogP contribution in [0.1, 0.15) is 32.1 Å². The molecule has 2 amide bonds. The third-order valence-electron chi connectivity index (χ3n) is 3.19. The van der Waals surface area contributed by atoms with Gasteiger partial charge in [0.25, 0.3) is 11.8 Å². The Morgan fingerprint density at radius 3 is 2.85 bits per heavy atom. The van der Waals surface area contributed by atoms with Crippen molar-refractivity contribution in [1.29, 1.82) is 0 Å². The molecule has 1 aromatic carbocycles. The normalized spacial score (nSPS) is 12.8. The van der Waals surface area contributed by atoms with E-state index in [0.717, 1.165) is 11.3 Å². The number of amides is 2. The second-order valence-electron chi connectivity index (χ2n) is 4.64. The number of rotatable bonds is 2. The van der Waals surface area contributed by atoms with E-state index in [1.165, 1.54) is 0 Å². The van der Waals surface area contributed by atoms with Crippen LogP contribution < -0.4 is 10.6 Å². The molecule has 2 N–H and O–H groups in total. The lowest BCUT2D eigenvalue weighted by Gasteiger charge is -2.08. The van der Waals surface area contributed by atoms with Crippen LogP contribution in [0.25, 0.3) is 0 Å². The highest BCUT2D eigenvalue weighted by Gasteiger charge is 2.23. The summed E-state index contributed by atoms with van der Waals surface area (Å²) in [6, 6.07) is 10.7. The second kappa shape index (κ2) is 4.77. The fourth-order valence-electron chi connectivity index (χ4n) is 2.24. The van der Waals surface area contributed by atoms with Gasteiger partial charge in [0.1, 0.15) is 5.69 Å². The molecular weight excluding hydrogens is 254 g/mol. The summed E-state index contributed by atoms with van der Waals surface area (Å²) in [4.78, 5) is 28.1. The van der Waals surface area contributed by atoms with Gasteiger partial charge in [-0.2, -0.15) is 0 Å². The molecule has 0 unspecified atom stereocenters. The van der Waals surface area contributed by atoms with Crippen LogP contribution in [-0.2, 0) is 6.54 Å². The number of benzene rings is 1. The Morgan fingerprint density at radius 1 is 1.25 bits per heavy atom. The maximum absolute atomic E-state index is 12.2. The third-order valence-corrected chi connectivity index (χ3v) is 3.19. The number of carbonyl (C=O) groups excluding carboxylic acids is 2. The number of hydrogen-bond acceptors (Lipinski definition) is 3. The Labute approximate surface area is 116 Å². The first-order valence-corrected chi connectivity index (χ1v) is 6.30. The maximum Gasteiger partial charge on any atom is 0.274 e. The molecule has 5 heteroatoms. The minimum absolute atomic E-state index is 0.159. The van der Waals surface area contributed by atoms with Gasteiger partial charge in [0.15, 0.2) is 0 Å².